The van der Waals surface area contributed by atoms with Crippen LogP contribution in [0.2, 0.25) is 0 Å². The van der Waals surface area contributed by atoms with Crippen molar-refractivity contribution in [2.75, 3.05) is 0 Å². The van der Waals surface area contributed by atoms with Crippen molar-refractivity contribution in [3.8, 4) is 0 Å². The zero-order valence-electron chi connectivity index (χ0n) is 13.0. The number of carbonyl (C=O) groups excluding carboxylic acids is 1. The van der Waals surface area contributed by atoms with Crippen LogP contribution in [-0.4, -0.2) is 44.0 Å². The molecule has 124 valence electrons. The maximum absolute atomic E-state index is 12.7. The number of amidine groups is 1. The lowest BCUT2D eigenvalue weighted by atomic mass is 10.2. The highest BCUT2D eigenvalue weighted by molar-refractivity contribution is 9.09. The van der Waals surface area contributed by atoms with E-state index in [1.165, 1.54) is 5.01 Å². The molecule has 1 fully saturated rings. The lowest BCUT2D eigenvalue weighted by molar-refractivity contribution is -0.125. The molecular formula is C16H16BrN5OS. The Kier molecular flexibility index (Phi) is 4.26. The Morgan fingerprint density at radius 1 is 1.29 bits per heavy atom. The van der Waals surface area contributed by atoms with Gasteiger partial charge in [-0.3, -0.25) is 9.79 Å². The van der Waals surface area contributed by atoms with Crippen LogP contribution in [0.1, 0.15) is 19.8 Å². The van der Waals surface area contributed by atoms with Crippen molar-refractivity contribution in [2.45, 2.75) is 41.9 Å². The van der Waals surface area contributed by atoms with Gasteiger partial charge in [0.15, 0.2) is 11.2 Å². The minimum Gasteiger partial charge on any atom is -0.269 e. The van der Waals surface area contributed by atoms with Crippen LogP contribution in [0.4, 0.5) is 5.69 Å². The van der Waals surface area contributed by atoms with Gasteiger partial charge < -0.3 is 0 Å². The Morgan fingerprint density at radius 2 is 2.08 bits per heavy atom. The van der Waals surface area contributed by atoms with Gasteiger partial charge in [0.2, 0.25) is 0 Å². The minimum absolute atomic E-state index is 0.176. The zero-order chi connectivity index (χ0) is 16.7. The predicted octanol–water partition coefficient (Wildman–Crippen LogP) is 3.75. The van der Waals surface area contributed by atoms with Crippen molar-refractivity contribution in [1.82, 2.24) is 5.01 Å². The van der Waals surface area contributed by atoms with E-state index < -0.39 is 6.04 Å². The van der Waals surface area contributed by atoms with Crippen molar-refractivity contribution in [1.29, 1.82) is 0 Å². The summed E-state index contributed by atoms with van der Waals surface area (Å²) < 4.78 is 0. The van der Waals surface area contributed by atoms with Crippen molar-refractivity contribution < 1.29 is 4.79 Å². The lowest BCUT2D eigenvalue weighted by Crippen LogP contribution is -2.32. The van der Waals surface area contributed by atoms with Gasteiger partial charge in [-0.25, -0.2) is 0 Å². The Hall–Kier alpha value is -1.54. The quantitative estimate of drug-likeness (QED) is 0.555. The summed E-state index contributed by atoms with van der Waals surface area (Å²) in [4.78, 5) is 17.8. The third-order valence-corrected chi connectivity index (χ3v) is 7.10. The molecule has 0 N–H and O–H groups in total. The first-order chi connectivity index (χ1) is 11.6. The van der Waals surface area contributed by atoms with Crippen LogP contribution in [0.15, 0.2) is 50.7 Å². The highest BCUT2D eigenvalue weighted by Gasteiger charge is 2.45. The minimum atomic E-state index is -0.659. The number of hydrazone groups is 1. The van der Waals surface area contributed by atoms with Crippen LogP contribution in [0, 0.1) is 0 Å². The Bertz CT molecular complexity index is 750. The SMILES string of the molecule is CC1=NN(C2=N[C@@H]3CC[C@@H](Br)[C@H]3S2)C(=O)[C@H]1N=Nc1ccccc1. The number of halogens is 1. The Balaban J connectivity index is 1.50. The van der Waals surface area contributed by atoms with Crippen LogP contribution in [0.3, 0.4) is 0 Å². The molecule has 0 spiro atoms. The monoisotopic (exact) mass is 405 g/mol. The maximum Gasteiger partial charge on any atom is 0.281 e. The van der Waals surface area contributed by atoms with Crippen molar-refractivity contribution in [3.05, 3.63) is 30.3 Å². The number of rotatable bonds is 2. The number of nitrogens with zero attached hydrogens (tertiary/aromatic N) is 5. The fourth-order valence-electron chi connectivity index (χ4n) is 3.03. The normalized spacial score (nSPS) is 32.4. The first-order valence-corrected chi connectivity index (χ1v) is 9.66. The molecule has 0 saturated heterocycles. The molecule has 0 unspecified atom stereocenters. The number of fused-ring (bicyclic) bond motifs is 1. The summed E-state index contributed by atoms with van der Waals surface area (Å²) in [6.07, 6.45) is 2.18. The van der Waals surface area contributed by atoms with E-state index in [-0.39, 0.29) is 11.9 Å². The Labute approximate surface area is 152 Å². The van der Waals surface area contributed by atoms with Gasteiger partial charge in [0, 0.05) is 10.1 Å². The standard InChI is InChI=1S/C16H16BrN5OS/c1-9-13(20-19-10-5-3-2-4-6-10)15(23)22(21-9)16-18-12-8-7-11(17)14(12)24-16/h2-6,11-14H,7-8H2,1H3/t11-,12-,13+,14-/m1/s1. The van der Waals surface area contributed by atoms with Crippen LogP contribution < -0.4 is 0 Å². The van der Waals surface area contributed by atoms with E-state index in [2.05, 4.69) is 31.3 Å². The number of benzene rings is 1. The third-order valence-electron chi connectivity index (χ3n) is 4.31. The highest BCUT2D eigenvalue weighted by Crippen LogP contribution is 2.43. The third kappa shape index (κ3) is 2.82. The van der Waals surface area contributed by atoms with Crippen LogP contribution in [-0.2, 0) is 4.79 Å². The average molecular weight is 406 g/mol. The van der Waals surface area contributed by atoms with Gasteiger partial charge in [-0.05, 0) is 31.9 Å². The number of carbonyl (C=O) groups is 1. The fraction of sp³-hybridized carbons (Fsp3) is 0.438. The zero-order valence-corrected chi connectivity index (χ0v) is 15.4. The number of azo groups is 1. The molecule has 0 radical (unpaired) electrons. The van der Waals surface area contributed by atoms with E-state index in [1.807, 2.05) is 30.3 Å². The van der Waals surface area contributed by atoms with Crippen molar-refractivity contribution >= 4 is 50.2 Å². The summed E-state index contributed by atoms with van der Waals surface area (Å²) in [7, 11) is 0. The molecule has 4 atom stereocenters. The molecule has 1 amide bonds. The molecule has 1 aromatic carbocycles. The second-order valence-electron chi connectivity index (χ2n) is 6.00. The number of amides is 1. The van der Waals surface area contributed by atoms with E-state index in [0.717, 1.165) is 18.5 Å². The second-order valence-corrected chi connectivity index (χ2v) is 8.32. The summed E-state index contributed by atoms with van der Waals surface area (Å²) in [6, 6.07) is 9.01. The second kappa shape index (κ2) is 6.40. The number of hydrogen-bond acceptors (Lipinski definition) is 6. The summed E-state index contributed by atoms with van der Waals surface area (Å²) in [6.45, 7) is 1.81. The number of hydrogen-bond donors (Lipinski definition) is 0. The van der Waals surface area contributed by atoms with E-state index in [0.29, 0.717) is 21.0 Å². The molecule has 1 saturated carbocycles. The number of aliphatic imine (C=N–C) groups is 1. The summed E-state index contributed by atoms with van der Waals surface area (Å²) >= 11 is 5.34. The fourth-order valence-corrected chi connectivity index (χ4v) is 5.28. The van der Waals surface area contributed by atoms with Crippen LogP contribution in [0.25, 0.3) is 0 Å². The molecule has 0 bridgehead atoms. The molecule has 2 heterocycles. The van der Waals surface area contributed by atoms with Crippen molar-refractivity contribution in [2.24, 2.45) is 20.3 Å². The molecule has 3 aliphatic rings. The molecule has 4 rings (SSSR count). The topological polar surface area (TPSA) is 69.8 Å². The lowest BCUT2D eigenvalue weighted by Gasteiger charge is -2.14. The summed E-state index contributed by atoms with van der Waals surface area (Å²) in [5.41, 5.74) is 1.37. The number of alkyl halides is 1. The summed E-state index contributed by atoms with van der Waals surface area (Å²) in [5.74, 6) is -0.176. The maximum atomic E-state index is 12.7. The van der Waals surface area contributed by atoms with E-state index >= 15 is 0 Å². The van der Waals surface area contributed by atoms with Gasteiger partial charge >= 0.3 is 0 Å². The van der Waals surface area contributed by atoms with Gasteiger partial charge in [-0.15, -0.1) is 0 Å². The smallest absolute Gasteiger partial charge is 0.269 e. The van der Waals surface area contributed by atoms with Gasteiger partial charge in [-0.2, -0.15) is 20.3 Å². The van der Waals surface area contributed by atoms with Gasteiger partial charge in [-0.1, -0.05) is 45.9 Å². The molecule has 0 aromatic heterocycles. The molecule has 6 nitrogen and oxygen atoms in total. The molecule has 1 aliphatic carbocycles. The summed E-state index contributed by atoms with van der Waals surface area (Å²) in [5, 5.41) is 15.2. The van der Waals surface area contributed by atoms with Gasteiger partial charge in [0.25, 0.3) is 5.91 Å². The molecule has 2 aliphatic heterocycles. The van der Waals surface area contributed by atoms with E-state index in [9.17, 15) is 4.79 Å². The first kappa shape index (κ1) is 16.0. The largest absolute Gasteiger partial charge is 0.281 e. The Morgan fingerprint density at radius 3 is 2.83 bits per heavy atom. The first-order valence-electron chi connectivity index (χ1n) is 7.87. The highest BCUT2D eigenvalue weighted by atomic mass is 79.9. The number of thioether (sulfide) groups is 1. The van der Waals surface area contributed by atoms with Crippen LogP contribution in [0.5, 0.6) is 0 Å². The van der Waals surface area contributed by atoms with E-state index in [1.54, 1.807) is 18.7 Å². The van der Waals surface area contributed by atoms with E-state index in [4.69, 9.17) is 4.99 Å². The van der Waals surface area contributed by atoms with Crippen LogP contribution >= 0.6 is 27.7 Å². The molecule has 24 heavy (non-hydrogen) atoms. The average Bonchev–Trinajstić information content (AvgIpc) is 3.23. The van der Waals surface area contributed by atoms with Gasteiger partial charge in [0.05, 0.1) is 17.4 Å². The van der Waals surface area contributed by atoms with Gasteiger partial charge in [0.1, 0.15) is 0 Å². The molecule has 1 aromatic rings. The molecule has 8 heteroatoms. The van der Waals surface area contributed by atoms with Crippen molar-refractivity contribution in [3.63, 3.8) is 0 Å². The predicted molar refractivity (Wildman–Crippen MR) is 99.3 cm³/mol. The molecular weight excluding hydrogens is 390 g/mol.